The van der Waals surface area contributed by atoms with E-state index in [4.69, 9.17) is 37.8 Å². The van der Waals surface area contributed by atoms with Gasteiger partial charge in [-0.2, -0.15) is 5.06 Å². The van der Waals surface area contributed by atoms with Gasteiger partial charge in [-0.15, -0.1) is 4.91 Å². The number of oxime groups is 2. The summed E-state index contributed by atoms with van der Waals surface area (Å²) in [7, 11) is 0. The number of phenolic OH excluding ortho intramolecular Hbond substituents is 1. The Kier molecular flexibility index (Phi) is 20.4. The Balaban J connectivity index is 0.000000609. The highest BCUT2D eigenvalue weighted by Crippen LogP contribution is 2.36. The van der Waals surface area contributed by atoms with Crippen LogP contribution in [0.15, 0.2) is 98.0 Å². The van der Waals surface area contributed by atoms with E-state index in [0.29, 0.717) is 28.5 Å². The van der Waals surface area contributed by atoms with E-state index in [2.05, 4.69) is 48.2 Å². The minimum atomic E-state index is -1.01. The molecule has 0 aliphatic carbocycles. The molecular weight excluding hydrogens is 676 g/mol. The van der Waals surface area contributed by atoms with Crippen molar-refractivity contribution in [3.63, 3.8) is 0 Å². The molecule has 0 spiro atoms. The first-order chi connectivity index (χ1) is 24.3. The van der Waals surface area contributed by atoms with Crippen LogP contribution in [0, 0.1) is 4.91 Å². The van der Waals surface area contributed by atoms with Crippen LogP contribution in [0.1, 0.15) is 66.5 Å². The van der Waals surface area contributed by atoms with Gasteiger partial charge in [-0.1, -0.05) is 40.6 Å². The van der Waals surface area contributed by atoms with Gasteiger partial charge in [0.1, 0.15) is 5.75 Å². The third kappa shape index (κ3) is 17.9. The molecule has 52 heavy (non-hydrogen) atoms. The van der Waals surface area contributed by atoms with Crippen LogP contribution in [0.25, 0.3) is 0 Å². The maximum atomic E-state index is 10.6. The molecule has 3 heterocycles. The van der Waals surface area contributed by atoms with Crippen LogP contribution in [0.5, 0.6) is 11.6 Å². The minimum absolute atomic E-state index is 0.0399. The Morgan fingerprint density at radius 3 is 1.63 bits per heavy atom. The molecule has 0 radical (unpaired) electrons. The highest BCUT2D eigenvalue weighted by atomic mass is 16.5. The fraction of sp³-hybridized carbons (Fsp3) is 0.324. The van der Waals surface area contributed by atoms with Crippen LogP contribution < -0.4 is 28.5 Å². The van der Waals surface area contributed by atoms with Crippen molar-refractivity contribution in [2.75, 3.05) is 17.2 Å². The van der Waals surface area contributed by atoms with Crippen molar-refractivity contribution in [2.24, 2.45) is 15.5 Å². The monoisotopic (exact) mass is 726 g/mol. The van der Waals surface area contributed by atoms with Gasteiger partial charge in [0.15, 0.2) is 0 Å². The van der Waals surface area contributed by atoms with Gasteiger partial charge in [0.05, 0.1) is 34.7 Å². The van der Waals surface area contributed by atoms with Crippen LogP contribution in [0.4, 0.5) is 22.7 Å². The number of anilines is 3. The molecule has 1 saturated heterocycles. The number of aromatic hydroxyl groups is 2. The van der Waals surface area contributed by atoms with Gasteiger partial charge >= 0.3 is 5.69 Å². The van der Waals surface area contributed by atoms with Crippen LogP contribution in [-0.4, -0.2) is 68.9 Å². The Bertz CT molecular complexity index is 1700. The highest BCUT2D eigenvalue weighted by Gasteiger charge is 2.40. The first kappa shape index (κ1) is 45.7. The number of nitrogens with two attached hydrogens (primary N) is 3. The lowest BCUT2D eigenvalue weighted by atomic mass is 9.82. The predicted octanol–water partition coefficient (Wildman–Crippen LogP) is 5.16. The van der Waals surface area contributed by atoms with E-state index < -0.39 is 22.8 Å². The number of hydroxylamine groups is 2. The Labute approximate surface area is 300 Å². The number of nitrogen functional groups attached to an aromatic ring is 3. The first-order valence-electron chi connectivity index (χ1n) is 15.6. The maximum Gasteiger partial charge on any atom is 0.328 e. The molecule has 1 aliphatic rings. The molecule has 284 valence electrons. The summed E-state index contributed by atoms with van der Waals surface area (Å²) in [5, 5.41) is 52.4. The molecule has 1 fully saturated rings. The summed E-state index contributed by atoms with van der Waals surface area (Å²) >= 11 is 0. The average molecular weight is 727 g/mol. The van der Waals surface area contributed by atoms with Crippen LogP contribution in [0.2, 0.25) is 0 Å². The molecule has 2 aromatic heterocycles. The lowest BCUT2D eigenvalue weighted by molar-refractivity contribution is -0.241. The molecule has 0 unspecified atom stereocenters. The van der Waals surface area contributed by atoms with Crippen molar-refractivity contribution in [1.82, 2.24) is 20.0 Å². The number of nitroso groups, excluding NO2 is 1. The van der Waals surface area contributed by atoms with Crippen LogP contribution >= 0.6 is 0 Å². The zero-order chi connectivity index (χ0) is 39.9. The van der Waals surface area contributed by atoms with E-state index >= 15 is 0 Å². The number of nitrogens with zero attached hydrogens (tertiary/aromatic N) is 5. The van der Waals surface area contributed by atoms with E-state index in [1.807, 2.05) is 18.2 Å². The summed E-state index contributed by atoms with van der Waals surface area (Å²) in [4.78, 5) is 38.1. The number of phenols is 1. The van der Waals surface area contributed by atoms with Gasteiger partial charge < -0.3 is 43.0 Å². The van der Waals surface area contributed by atoms with Gasteiger partial charge in [-0.25, -0.2) is 4.79 Å². The topological polar surface area (TPSA) is 315 Å². The summed E-state index contributed by atoms with van der Waals surface area (Å²) in [5.41, 5.74) is 16.4. The van der Waals surface area contributed by atoms with Crippen molar-refractivity contribution in [3.8, 4) is 11.6 Å². The summed E-state index contributed by atoms with van der Waals surface area (Å²) in [5.74, 6) is -0.679. The molecule has 1 aliphatic heterocycles. The number of hydrogen-bond donors (Lipinski definition) is 10. The fourth-order valence-corrected chi connectivity index (χ4v) is 4.05. The smallest absolute Gasteiger partial charge is 0.328 e. The van der Waals surface area contributed by atoms with Crippen molar-refractivity contribution in [3.05, 3.63) is 104 Å². The molecule has 4 aromatic rings. The third-order valence-electron chi connectivity index (χ3n) is 6.72. The van der Waals surface area contributed by atoms with Crippen molar-refractivity contribution < 1.29 is 25.8 Å². The molecule has 0 amide bonds. The van der Waals surface area contributed by atoms with Crippen molar-refractivity contribution in [2.45, 2.75) is 71.9 Å². The quantitative estimate of drug-likeness (QED) is 0.0319. The van der Waals surface area contributed by atoms with Crippen molar-refractivity contribution in [1.29, 1.82) is 0 Å². The van der Waals surface area contributed by atoms with Gasteiger partial charge in [-0.3, -0.25) is 19.7 Å². The molecule has 5 rings (SSSR count). The van der Waals surface area contributed by atoms with E-state index in [1.165, 1.54) is 17.7 Å². The largest absolute Gasteiger partial charge is 0.506 e. The summed E-state index contributed by atoms with van der Waals surface area (Å²) in [6.07, 6.45) is 6.31. The number of rotatable bonds is 2. The number of benzene rings is 2. The lowest BCUT2D eigenvalue weighted by Gasteiger charge is -2.48. The number of piperidine rings is 1. The summed E-state index contributed by atoms with van der Waals surface area (Å²) < 4.78 is 0. The van der Waals surface area contributed by atoms with Gasteiger partial charge in [0.25, 0.3) is 5.56 Å². The molecule has 0 saturated carbocycles. The Hall–Kier alpha value is -6.27. The lowest BCUT2D eigenvalue weighted by Crippen LogP contribution is -2.56. The average Bonchev–Trinajstić information content (AvgIpc) is 3.08. The molecule has 0 atom stereocenters. The molecular formula is C34H50N10O8. The second kappa shape index (κ2) is 23.2. The fourth-order valence-electron chi connectivity index (χ4n) is 4.05. The predicted molar refractivity (Wildman–Crippen MR) is 202 cm³/mol. The SMILES string of the molecule is CC(C)=NO.CC1(C)CCCC(C)(C)N1O.Nc1ccccc1N.Nc1ccccc1O.O=Nc1c(O)[nH]c(=O)[nH]c1=O.ON=Cc1ccccn1. The second-order valence-electron chi connectivity index (χ2n) is 12.2. The van der Waals surface area contributed by atoms with Gasteiger partial charge in [-0.05, 0) is 102 Å². The first-order valence-corrected chi connectivity index (χ1v) is 15.6. The number of aromatic amines is 2. The maximum absolute atomic E-state index is 10.6. The molecule has 2 aromatic carbocycles. The number of aromatic nitrogens is 3. The van der Waals surface area contributed by atoms with Crippen LogP contribution in [0.3, 0.4) is 0 Å². The van der Waals surface area contributed by atoms with E-state index in [9.17, 15) is 19.7 Å². The molecule has 18 heteroatoms. The number of hydrogen-bond acceptors (Lipinski definition) is 16. The standard InChI is InChI=1S/C9H19NO.C6H6N2O.C6H8N2.C6H7NO.C4H3N3O4.C3H7NO/c1-8(2)6-5-7-9(3,4)10(8)11;9-8-5-6-3-1-2-4-7-6;2*7-5-3-1-2-4-6(5)8;8-2-1(7-11)3(9)6-4(10)5-2;1-3(2)4-5/h11H,5-7H2,1-4H3;1-5,9H;1-4H,7-8H2;1-4,8H,7H2;(H3,5,6,8,9,10);5H,1-2H3. The second-order valence-corrected chi connectivity index (χ2v) is 12.2. The van der Waals surface area contributed by atoms with E-state index in [-0.39, 0.29) is 16.8 Å². The zero-order valence-electron chi connectivity index (χ0n) is 30.1. The molecule has 18 nitrogen and oxygen atoms in total. The van der Waals surface area contributed by atoms with Crippen molar-refractivity contribution >= 4 is 34.7 Å². The number of nitrogens with one attached hydrogen (secondary N) is 2. The number of pyridine rings is 1. The van der Waals surface area contributed by atoms with E-state index in [0.717, 1.165) is 12.8 Å². The Morgan fingerprint density at radius 1 is 0.827 bits per heavy atom. The van der Waals surface area contributed by atoms with Crippen LogP contribution in [-0.2, 0) is 0 Å². The minimum Gasteiger partial charge on any atom is -0.506 e. The van der Waals surface area contributed by atoms with E-state index in [1.54, 1.807) is 78.5 Å². The van der Waals surface area contributed by atoms with Gasteiger partial charge in [0.2, 0.25) is 11.6 Å². The highest BCUT2D eigenvalue weighted by molar-refractivity contribution is 5.78. The number of para-hydroxylation sites is 4. The summed E-state index contributed by atoms with van der Waals surface area (Å²) in [6.45, 7) is 11.8. The zero-order valence-corrected chi connectivity index (χ0v) is 30.1. The number of H-pyrrole nitrogens is 2. The third-order valence-corrected chi connectivity index (χ3v) is 6.72. The normalized spacial score (nSPS) is 13.6. The Morgan fingerprint density at radius 2 is 1.31 bits per heavy atom. The van der Waals surface area contributed by atoms with Gasteiger partial charge in [0, 0.05) is 17.3 Å². The summed E-state index contributed by atoms with van der Waals surface area (Å²) in [6, 6.07) is 19.3. The molecule has 13 N–H and O–H groups in total. The molecule has 0 bridgehead atoms.